The zero-order valence-electron chi connectivity index (χ0n) is 14.8. The van der Waals surface area contributed by atoms with Gasteiger partial charge < -0.3 is 5.73 Å². The lowest BCUT2D eigenvalue weighted by atomic mass is 9.89. The van der Waals surface area contributed by atoms with E-state index in [-0.39, 0.29) is 23.9 Å². The maximum Gasteiger partial charge on any atom is 0.229 e. The maximum absolute atomic E-state index is 12.7. The van der Waals surface area contributed by atoms with E-state index in [9.17, 15) is 9.59 Å². The van der Waals surface area contributed by atoms with E-state index in [1.165, 1.54) is 0 Å². The van der Waals surface area contributed by atoms with Crippen molar-refractivity contribution in [2.45, 2.75) is 91.1 Å². The minimum atomic E-state index is 0.0168. The van der Waals surface area contributed by atoms with Gasteiger partial charge in [0, 0.05) is 24.9 Å². The Morgan fingerprint density at radius 2 is 1.36 bits per heavy atom. The summed E-state index contributed by atoms with van der Waals surface area (Å²) < 4.78 is 0. The Morgan fingerprint density at radius 3 is 1.73 bits per heavy atom. The van der Waals surface area contributed by atoms with Crippen LogP contribution >= 0.6 is 0 Å². The zero-order valence-corrected chi connectivity index (χ0v) is 14.8. The van der Waals surface area contributed by atoms with Crippen LogP contribution in [0.2, 0.25) is 0 Å². The summed E-state index contributed by atoms with van der Waals surface area (Å²) in [7, 11) is 0. The monoisotopic (exact) mass is 310 g/mol. The number of hydrogen-bond donors (Lipinski definition) is 1. The molecule has 2 amide bonds. The standard InChI is InChI=1S/C18H34N2O2/c1-5-13(3)11-17(21)20(18(22)12-14(4)6-2)16-9-7-15(19)8-10-16/h13-16H,5-12,19H2,1-4H3. The van der Waals surface area contributed by atoms with Crippen molar-refractivity contribution in [1.82, 2.24) is 4.90 Å². The molecular formula is C18H34N2O2. The third-order valence-electron chi connectivity index (χ3n) is 5.08. The molecule has 2 atom stereocenters. The average Bonchev–Trinajstić information content (AvgIpc) is 2.49. The van der Waals surface area contributed by atoms with Crippen LogP contribution in [0, 0.1) is 11.8 Å². The number of imide groups is 1. The van der Waals surface area contributed by atoms with Crippen LogP contribution in [0.25, 0.3) is 0 Å². The molecule has 128 valence electrons. The van der Waals surface area contributed by atoms with E-state index in [2.05, 4.69) is 27.7 Å². The summed E-state index contributed by atoms with van der Waals surface area (Å²) in [4.78, 5) is 27.0. The predicted molar refractivity (Wildman–Crippen MR) is 90.2 cm³/mol. The molecule has 0 spiro atoms. The molecule has 4 nitrogen and oxygen atoms in total. The molecule has 1 aliphatic rings. The average molecular weight is 310 g/mol. The van der Waals surface area contributed by atoms with Gasteiger partial charge in [-0.1, -0.05) is 40.5 Å². The van der Waals surface area contributed by atoms with E-state index in [1.54, 1.807) is 4.90 Å². The number of nitrogens with zero attached hydrogens (tertiary/aromatic N) is 1. The minimum absolute atomic E-state index is 0.0168. The van der Waals surface area contributed by atoms with Crippen LogP contribution in [-0.4, -0.2) is 28.8 Å². The highest BCUT2D eigenvalue weighted by Gasteiger charge is 2.32. The smallest absolute Gasteiger partial charge is 0.229 e. The Hall–Kier alpha value is -0.900. The van der Waals surface area contributed by atoms with Crippen molar-refractivity contribution >= 4 is 11.8 Å². The van der Waals surface area contributed by atoms with Crippen molar-refractivity contribution in [2.75, 3.05) is 0 Å². The molecule has 1 aliphatic carbocycles. The van der Waals surface area contributed by atoms with Crippen LogP contribution < -0.4 is 5.73 Å². The Kier molecular flexibility index (Phi) is 8.08. The summed E-state index contributed by atoms with van der Waals surface area (Å²) in [6, 6.07) is 0.292. The summed E-state index contributed by atoms with van der Waals surface area (Å²) in [6.45, 7) is 8.32. The molecule has 0 aromatic heterocycles. The third-order valence-corrected chi connectivity index (χ3v) is 5.08. The highest BCUT2D eigenvalue weighted by Crippen LogP contribution is 2.25. The highest BCUT2D eigenvalue weighted by atomic mass is 16.2. The minimum Gasteiger partial charge on any atom is -0.328 e. The van der Waals surface area contributed by atoms with Crippen LogP contribution in [0.1, 0.15) is 79.1 Å². The van der Waals surface area contributed by atoms with Crippen molar-refractivity contribution in [3.05, 3.63) is 0 Å². The van der Waals surface area contributed by atoms with Crippen molar-refractivity contribution < 1.29 is 9.59 Å². The molecule has 4 heteroatoms. The highest BCUT2D eigenvalue weighted by molar-refractivity contribution is 5.95. The Balaban J connectivity index is 2.79. The van der Waals surface area contributed by atoms with E-state index in [0.29, 0.717) is 24.7 Å². The summed E-state index contributed by atoms with van der Waals surface area (Å²) in [5.74, 6) is 0.695. The van der Waals surface area contributed by atoms with Gasteiger partial charge in [-0.25, -0.2) is 0 Å². The van der Waals surface area contributed by atoms with Gasteiger partial charge >= 0.3 is 0 Å². The fraction of sp³-hybridized carbons (Fsp3) is 0.889. The van der Waals surface area contributed by atoms with Gasteiger partial charge in [0.2, 0.25) is 11.8 Å². The lowest BCUT2D eigenvalue weighted by Crippen LogP contribution is -2.48. The second-order valence-electron chi connectivity index (χ2n) is 7.16. The van der Waals surface area contributed by atoms with Crippen molar-refractivity contribution in [3.8, 4) is 0 Å². The Labute approximate surface area is 135 Å². The topological polar surface area (TPSA) is 63.4 Å². The maximum atomic E-state index is 12.7. The van der Waals surface area contributed by atoms with Crippen LogP contribution in [0.4, 0.5) is 0 Å². The van der Waals surface area contributed by atoms with E-state index >= 15 is 0 Å². The summed E-state index contributed by atoms with van der Waals surface area (Å²) in [6.07, 6.45) is 6.43. The fourth-order valence-corrected chi connectivity index (χ4v) is 2.99. The molecule has 1 saturated carbocycles. The van der Waals surface area contributed by atoms with Crippen molar-refractivity contribution in [2.24, 2.45) is 17.6 Å². The first kappa shape index (κ1) is 19.1. The quantitative estimate of drug-likeness (QED) is 0.783. The van der Waals surface area contributed by atoms with Crippen LogP contribution in [0.5, 0.6) is 0 Å². The molecule has 1 rings (SSSR count). The van der Waals surface area contributed by atoms with Gasteiger partial charge in [0.1, 0.15) is 0 Å². The van der Waals surface area contributed by atoms with E-state index in [0.717, 1.165) is 38.5 Å². The molecule has 22 heavy (non-hydrogen) atoms. The van der Waals surface area contributed by atoms with Gasteiger partial charge in [-0.3, -0.25) is 14.5 Å². The van der Waals surface area contributed by atoms with E-state index in [1.807, 2.05) is 0 Å². The first-order valence-corrected chi connectivity index (χ1v) is 8.99. The molecule has 0 saturated heterocycles. The van der Waals surface area contributed by atoms with Gasteiger partial charge in [-0.15, -0.1) is 0 Å². The lowest BCUT2D eigenvalue weighted by Gasteiger charge is -2.35. The third kappa shape index (κ3) is 5.71. The molecular weight excluding hydrogens is 276 g/mol. The summed E-state index contributed by atoms with van der Waals surface area (Å²) in [5, 5.41) is 0. The van der Waals surface area contributed by atoms with Gasteiger partial charge in [0.25, 0.3) is 0 Å². The molecule has 0 aromatic carbocycles. The number of nitrogens with two attached hydrogens (primary N) is 1. The lowest BCUT2D eigenvalue weighted by molar-refractivity contribution is -0.149. The number of carbonyl (C=O) groups excluding carboxylic acids is 2. The van der Waals surface area contributed by atoms with Crippen LogP contribution in [0.15, 0.2) is 0 Å². The summed E-state index contributed by atoms with van der Waals surface area (Å²) >= 11 is 0. The van der Waals surface area contributed by atoms with Crippen molar-refractivity contribution in [3.63, 3.8) is 0 Å². The summed E-state index contributed by atoms with van der Waals surface area (Å²) in [5.41, 5.74) is 5.97. The largest absolute Gasteiger partial charge is 0.328 e. The van der Waals surface area contributed by atoms with Crippen LogP contribution in [-0.2, 0) is 9.59 Å². The normalized spacial score (nSPS) is 24.6. The zero-order chi connectivity index (χ0) is 16.7. The van der Waals surface area contributed by atoms with Crippen LogP contribution in [0.3, 0.4) is 0 Å². The molecule has 0 aliphatic heterocycles. The number of rotatable bonds is 7. The molecule has 0 heterocycles. The Morgan fingerprint density at radius 1 is 0.955 bits per heavy atom. The van der Waals surface area contributed by atoms with Gasteiger partial charge in [0.05, 0.1) is 0 Å². The van der Waals surface area contributed by atoms with Crippen molar-refractivity contribution in [1.29, 1.82) is 0 Å². The number of carbonyl (C=O) groups is 2. The van der Waals surface area contributed by atoms with E-state index < -0.39 is 0 Å². The fourth-order valence-electron chi connectivity index (χ4n) is 2.99. The first-order valence-electron chi connectivity index (χ1n) is 8.99. The molecule has 0 radical (unpaired) electrons. The first-order chi connectivity index (χ1) is 10.4. The number of hydrogen-bond acceptors (Lipinski definition) is 3. The molecule has 2 N–H and O–H groups in total. The van der Waals surface area contributed by atoms with E-state index in [4.69, 9.17) is 5.73 Å². The van der Waals surface area contributed by atoms with Gasteiger partial charge in [0.15, 0.2) is 0 Å². The Bertz CT molecular complexity index is 338. The molecule has 0 aromatic rings. The molecule has 2 unspecified atom stereocenters. The second kappa shape index (κ2) is 9.29. The molecule has 1 fully saturated rings. The van der Waals surface area contributed by atoms with Gasteiger partial charge in [-0.05, 0) is 37.5 Å². The molecule has 0 bridgehead atoms. The predicted octanol–water partition coefficient (Wildman–Crippen LogP) is 3.48. The number of amides is 2. The van der Waals surface area contributed by atoms with Gasteiger partial charge in [-0.2, -0.15) is 0 Å². The second-order valence-corrected chi connectivity index (χ2v) is 7.16. The SMILES string of the molecule is CCC(C)CC(=O)N(C(=O)CC(C)CC)C1CCC(N)CC1.